The third-order valence-corrected chi connectivity index (χ3v) is 3.84. The summed E-state index contributed by atoms with van der Waals surface area (Å²) >= 11 is 0. The molecule has 0 aliphatic carbocycles. The van der Waals surface area contributed by atoms with Gasteiger partial charge in [-0.05, 0) is 45.3 Å². The molecule has 16 heavy (non-hydrogen) atoms. The van der Waals surface area contributed by atoms with Gasteiger partial charge in [0, 0.05) is 18.7 Å². The third kappa shape index (κ3) is 3.19. The molecular formula is C13H26N2O. The van der Waals surface area contributed by atoms with Crippen molar-refractivity contribution in [3.05, 3.63) is 0 Å². The van der Waals surface area contributed by atoms with Crippen LogP contribution in [0.25, 0.3) is 0 Å². The molecule has 2 rings (SSSR count). The van der Waals surface area contributed by atoms with Gasteiger partial charge in [0.15, 0.2) is 0 Å². The number of likely N-dealkylation sites (tertiary alicyclic amines) is 1. The summed E-state index contributed by atoms with van der Waals surface area (Å²) < 4.78 is 5.66. The van der Waals surface area contributed by atoms with Gasteiger partial charge in [0.25, 0.3) is 0 Å². The van der Waals surface area contributed by atoms with Gasteiger partial charge >= 0.3 is 0 Å². The Hall–Kier alpha value is -0.120. The summed E-state index contributed by atoms with van der Waals surface area (Å²) in [4.78, 5) is 2.65. The molecule has 0 aromatic carbocycles. The SMILES string of the molecule is CCCNC1CCOCC1N1CCCCC1. The van der Waals surface area contributed by atoms with Crippen LogP contribution in [0.4, 0.5) is 0 Å². The summed E-state index contributed by atoms with van der Waals surface area (Å²) in [5, 5.41) is 3.70. The van der Waals surface area contributed by atoms with E-state index in [9.17, 15) is 0 Å². The Morgan fingerprint density at radius 3 is 2.81 bits per heavy atom. The first-order valence-electron chi connectivity index (χ1n) is 6.97. The van der Waals surface area contributed by atoms with Gasteiger partial charge < -0.3 is 10.1 Å². The molecule has 2 aliphatic heterocycles. The van der Waals surface area contributed by atoms with Crippen LogP contribution in [0, 0.1) is 0 Å². The minimum atomic E-state index is 0.626. The van der Waals surface area contributed by atoms with E-state index in [1.807, 2.05) is 0 Å². The molecule has 2 unspecified atom stereocenters. The summed E-state index contributed by atoms with van der Waals surface area (Å²) in [6.07, 6.45) is 6.57. The Morgan fingerprint density at radius 1 is 1.25 bits per heavy atom. The number of hydrogen-bond donors (Lipinski definition) is 1. The second kappa shape index (κ2) is 6.58. The van der Waals surface area contributed by atoms with Crippen LogP contribution in [0.1, 0.15) is 39.0 Å². The van der Waals surface area contributed by atoms with Crippen molar-refractivity contribution < 1.29 is 4.74 Å². The molecule has 0 bridgehead atoms. The van der Waals surface area contributed by atoms with E-state index in [4.69, 9.17) is 4.74 Å². The van der Waals surface area contributed by atoms with Crippen molar-refractivity contribution in [1.82, 2.24) is 10.2 Å². The van der Waals surface area contributed by atoms with E-state index in [1.54, 1.807) is 0 Å². The lowest BCUT2D eigenvalue weighted by Crippen LogP contribution is -2.56. The van der Waals surface area contributed by atoms with Crippen LogP contribution in [0.5, 0.6) is 0 Å². The van der Waals surface area contributed by atoms with Crippen LogP contribution in [-0.4, -0.2) is 49.8 Å². The highest BCUT2D eigenvalue weighted by Gasteiger charge is 2.30. The van der Waals surface area contributed by atoms with E-state index in [0.717, 1.165) is 19.8 Å². The maximum atomic E-state index is 5.66. The zero-order valence-electron chi connectivity index (χ0n) is 10.6. The van der Waals surface area contributed by atoms with Crippen molar-refractivity contribution in [2.75, 3.05) is 32.8 Å². The highest BCUT2D eigenvalue weighted by Crippen LogP contribution is 2.19. The third-order valence-electron chi connectivity index (χ3n) is 3.84. The molecule has 0 radical (unpaired) electrons. The lowest BCUT2D eigenvalue weighted by Gasteiger charge is -2.41. The summed E-state index contributed by atoms with van der Waals surface area (Å²) in [5.74, 6) is 0. The van der Waals surface area contributed by atoms with Crippen molar-refractivity contribution in [2.45, 2.75) is 51.1 Å². The number of ether oxygens (including phenoxy) is 1. The Morgan fingerprint density at radius 2 is 2.06 bits per heavy atom. The van der Waals surface area contributed by atoms with E-state index in [1.165, 1.54) is 45.2 Å². The van der Waals surface area contributed by atoms with E-state index in [-0.39, 0.29) is 0 Å². The monoisotopic (exact) mass is 226 g/mol. The Labute approximate surface area is 99.5 Å². The predicted octanol–water partition coefficient (Wildman–Crippen LogP) is 1.63. The molecule has 2 heterocycles. The summed E-state index contributed by atoms with van der Waals surface area (Å²) in [7, 11) is 0. The Balaban J connectivity index is 1.86. The normalized spacial score (nSPS) is 32.8. The second-order valence-electron chi connectivity index (χ2n) is 5.09. The smallest absolute Gasteiger partial charge is 0.0637 e. The minimum Gasteiger partial charge on any atom is -0.380 e. The predicted molar refractivity (Wildman–Crippen MR) is 66.7 cm³/mol. The standard InChI is InChI=1S/C13H26N2O/c1-2-7-14-12-6-10-16-11-13(12)15-8-4-3-5-9-15/h12-14H,2-11H2,1H3. The molecule has 0 amide bonds. The first-order chi connectivity index (χ1) is 7.92. The number of hydrogen-bond acceptors (Lipinski definition) is 3. The molecule has 0 spiro atoms. The van der Waals surface area contributed by atoms with Gasteiger partial charge in [-0.1, -0.05) is 13.3 Å². The molecular weight excluding hydrogens is 200 g/mol. The van der Waals surface area contributed by atoms with E-state index in [0.29, 0.717) is 12.1 Å². The molecule has 3 nitrogen and oxygen atoms in total. The fraction of sp³-hybridized carbons (Fsp3) is 1.00. The largest absolute Gasteiger partial charge is 0.380 e. The van der Waals surface area contributed by atoms with Crippen LogP contribution in [0.15, 0.2) is 0 Å². The van der Waals surface area contributed by atoms with Gasteiger partial charge in [0.05, 0.1) is 6.61 Å². The topological polar surface area (TPSA) is 24.5 Å². The van der Waals surface area contributed by atoms with Crippen LogP contribution in [-0.2, 0) is 4.74 Å². The molecule has 2 saturated heterocycles. The second-order valence-corrected chi connectivity index (χ2v) is 5.09. The van der Waals surface area contributed by atoms with E-state index in [2.05, 4.69) is 17.1 Å². The molecule has 2 fully saturated rings. The fourth-order valence-electron chi connectivity index (χ4n) is 2.90. The van der Waals surface area contributed by atoms with Crippen LogP contribution < -0.4 is 5.32 Å². The quantitative estimate of drug-likeness (QED) is 0.788. The molecule has 3 heteroatoms. The zero-order valence-corrected chi connectivity index (χ0v) is 10.6. The summed E-state index contributed by atoms with van der Waals surface area (Å²) in [6, 6.07) is 1.28. The first kappa shape index (κ1) is 12.3. The summed E-state index contributed by atoms with van der Waals surface area (Å²) in [5.41, 5.74) is 0. The maximum absolute atomic E-state index is 5.66. The Bertz CT molecular complexity index is 192. The molecule has 0 aromatic rings. The van der Waals surface area contributed by atoms with Gasteiger partial charge in [-0.2, -0.15) is 0 Å². The van der Waals surface area contributed by atoms with Gasteiger partial charge in [0.1, 0.15) is 0 Å². The molecule has 0 saturated carbocycles. The highest BCUT2D eigenvalue weighted by atomic mass is 16.5. The molecule has 2 aliphatic rings. The first-order valence-corrected chi connectivity index (χ1v) is 6.97. The van der Waals surface area contributed by atoms with Crippen molar-refractivity contribution in [2.24, 2.45) is 0 Å². The van der Waals surface area contributed by atoms with Crippen molar-refractivity contribution >= 4 is 0 Å². The lowest BCUT2D eigenvalue weighted by atomic mass is 9.99. The lowest BCUT2D eigenvalue weighted by molar-refractivity contribution is -0.00937. The molecule has 2 atom stereocenters. The zero-order chi connectivity index (χ0) is 11.2. The van der Waals surface area contributed by atoms with E-state index < -0.39 is 0 Å². The molecule has 1 N–H and O–H groups in total. The van der Waals surface area contributed by atoms with Gasteiger partial charge in [-0.15, -0.1) is 0 Å². The Kier molecular flexibility index (Phi) is 5.07. The number of piperidine rings is 1. The fourth-order valence-corrected chi connectivity index (χ4v) is 2.90. The van der Waals surface area contributed by atoms with Gasteiger partial charge in [-0.3, -0.25) is 4.90 Å². The summed E-state index contributed by atoms with van der Waals surface area (Å²) in [6.45, 7) is 7.81. The molecule has 94 valence electrons. The number of rotatable bonds is 4. The number of nitrogens with zero attached hydrogens (tertiary/aromatic N) is 1. The van der Waals surface area contributed by atoms with E-state index >= 15 is 0 Å². The molecule has 0 aromatic heterocycles. The van der Waals surface area contributed by atoms with Crippen LogP contribution >= 0.6 is 0 Å². The number of nitrogens with one attached hydrogen (secondary N) is 1. The average Bonchev–Trinajstić information content (AvgIpc) is 2.38. The van der Waals surface area contributed by atoms with Gasteiger partial charge in [0.2, 0.25) is 0 Å². The minimum absolute atomic E-state index is 0.626. The average molecular weight is 226 g/mol. The van der Waals surface area contributed by atoms with Crippen LogP contribution in [0.2, 0.25) is 0 Å². The van der Waals surface area contributed by atoms with Crippen molar-refractivity contribution in [3.8, 4) is 0 Å². The van der Waals surface area contributed by atoms with Crippen LogP contribution in [0.3, 0.4) is 0 Å². The van der Waals surface area contributed by atoms with Gasteiger partial charge in [-0.25, -0.2) is 0 Å². The van der Waals surface area contributed by atoms with Crippen molar-refractivity contribution in [3.63, 3.8) is 0 Å². The van der Waals surface area contributed by atoms with Crippen molar-refractivity contribution in [1.29, 1.82) is 0 Å². The maximum Gasteiger partial charge on any atom is 0.0637 e. The highest BCUT2D eigenvalue weighted by molar-refractivity contribution is 4.88.